The second-order valence-corrected chi connectivity index (χ2v) is 5.31. The lowest BCUT2D eigenvalue weighted by atomic mass is 9.90. The molecule has 1 N–H and O–H groups in total. The van der Waals surface area contributed by atoms with Crippen molar-refractivity contribution in [2.75, 3.05) is 6.54 Å². The molecule has 0 amide bonds. The zero-order chi connectivity index (χ0) is 10.1. The highest BCUT2D eigenvalue weighted by molar-refractivity contribution is 5.02. The Morgan fingerprint density at radius 3 is 2.50 bits per heavy atom. The Kier molecular flexibility index (Phi) is 2.96. The van der Waals surface area contributed by atoms with Crippen molar-refractivity contribution in [2.45, 2.75) is 45.6 Å². The topological polar surface area (TPSA) is 12.0 Å². The van der Waals surface area contributed by atoms with Gasteiger partial charge >= 0.3 is 0 Å². The lowest BCUT2D eigenvalue weighted by molar-refractivity contribution is 0.336. The molecule has 0 aromatic heterocycles. The molecule has 0 bridgehead atoms. The molecule has 0 aliphatic heterocycles. The molecule has 0 saturated heterocycles. The van der Waals surface area contributed by atoms with E-state index in [4.69, 9.17) is 0 Å². The van der Waals surface area contributed by atoms with E-state index in [1.54, 1.807) is 0 Å². The Hall–Kier alpha value is -0.300. The van der Waals surface area contributed by atoms with Crippen molar-refractivity contribution < 1.29 is 0 Å². The number of hydrogen-bond donors (Lipinski definition) is 1. The Balaban J connectivity index is 1.85. The van der Waals surface area contributed by atoms with E-state index < -0.39 is 0 Å². The Morgan fingerprint density at radius 2 is 2.00 bits per heavy atom. The third-order valence-electron chi connectivity index (χ3n) is 3.88. The van der Waals surface area contributed by atoms with Gasteiger partial charge in [-0.1, -0.05) is 12.5 Å². The van der Waals surface area contributed by atoms with Gasteiger partial charge in [0.2, 0.25) is 0 Å². The maximum atomic E-state index is 4.04. The van der Waals surface area contributed by atoms with Crippen LogP contribution in [-0.4, -0.2) is 12.6 Å². The van der Waals surface area contributed by atoms with Crippen LogP contribution in [0.3, 0.4) is 0 Å². The predicted molar refractivity (Wildman–Crippen MR) is 61.2 cm³/mol. The maximum absolute atomic E-state index is 4.04. The van der Waals surface area contributed by atoms with Gasteiger partial charge < -0.3 is 5.32 Å². The van der Waals surface area contributed by atoms with Gasteiger partial charge in [-0.3, -0.25) is 0 Å². The minimum absolute atomic E-state index is 0.713. The van der Waals surface area contributed by atoms with Crippen molar-refractivity contribution in [1.82, 2.24) is 5.32 Å². The minimum Gasteiger partial charge on any atom is -0.314 e. The van der Waals surface area contributed by atoms with E-state index in [1.807, 2.05) is 0 Å². The fourth-order valence-electron chi connectivity index (χ4n) is 3.13. The summed E-state index contributed by atoms with van der Waals surface area (Å²) in [5.41, 5.74) is 1.33. The Morgan fingerprint density at radius 1 is 1.36 bits per heavy atom. The minimum atomic E-state index is 0.713. The second-order valence-electron chi connectivity index (χ2n) is 5.31. The van der Waals surface area contributed by atoms with Gasteiger partial charge in [0.1, 0.15) is 0 Å². The van der Waals surface area contributed by atoms with Crippen LogP contribution in [-0.2, 0) is 0 Å². The SMILES string of the molecule is C=C(C)CC(NCC)C1CC2CC2C1. The average Bonchev–Trinajstić information content (AvgIpc) is 2.72. The summed E-state index contributed by atoms with van der Waals surface area (Å²) in [6, 6.07) is 0.713. The van der Waals surface area contributed by atoms with Crippen molar-refractivity contribution in [2.24, 2.45) is 17.8 Å². The van der Waals surface area contributed by atoms with Gasteiger partial charge in [0, 0.05) is 6.04 Å². The van der Waals surface area contributed by atoms with E-state index in [0.717, 1.165) is 24.3 Å². The van der Waals surface area contributed by atoms with Gasteiger partial charge in [-0.15, -0.1) is 6.58 Å². The van der Waals surface area contributed by atoms with Crippen LogP contribution in [0.1, 0.15) is 39.5 Å². The molecule has 0 radical (unpaired) electrons. The van der Waals surface area contributed by atoms with Crippen molar-refractivity contribution in [3.8, 4) is 0 Å². The second kappa shape index (κ2) is 4.06. The molecule has 14 heavy (non-hydrogen) atoms. The quantitative estimate of drug-likeness (QED) is 0.662. The van der Waals surface area contributed by atoms with Crippen LogP contribution in [0, 0.1) is 17.8 Å². The predicted octanol–water partition coefficient (Wildman–Crippen LogP) is 2.98. The molecule has 0 heterocycles. The van der Waals surface area contributed by atoms with Crippen LogP contribution >= 0.6 is 0 Å². The molecule has 0 aromatic rings. The summed E-state index contributed by atoms with van der Waals surface area (Å²) < 4.78 is 0. The van der Waals surface area contributed by atoms with Crippen LogP contribution in [0.5, 0.6) is 0 Å². The highest BCUT2D eigenvalue weighted by atomic mass is 14.9. The van der Waals surface area contributed by atoms with Gasteiger partial charge in [-0.25, -0.2) is 0 Å². The summed E-state index contributed by atoms with van der Waals surface area (Å²) in [7, 11) is 0. The summed E-state index contributed by atoms with van der Waals surface area (Å²) in [4.78, 5) is 0. The van der Waals surface area contributed by atoms with Crippen LogP contribution in [0.25, 0.3) is 0 Å². The zero-order valence-electron chi connectivity index (χ0n) is 9.55. The van der Waals surface area contributed by atoms with Gasteiger partial charge in [0.25, 0.3) is 0 Å². The van der Waals surface area contributed by atoms with E-state index >= 15 is 0 Å². The van der Waals surface area contributed by atoms with Crippen LogP contribution in [0.4, 0.5) is 0 Å². The van der Waals surface area contributed by atoms with Crippen LogP contribution in [0.15, 0.2) is 12.2 Å². The summed E-state index contributed by atoms with van der Waals surface area (Å²) in [5, 5.41) is 3.64. The number of rotatable bonds is 5. The molecule has 0 aromatic carbocycles. The molecule has 3 atom stereocenters. The molecular formula is C13H23N. The first-order valence-corrected chi connectivity index (χ1v) is 6.08. The summed E-state index contributed by atoms with van der Waals surface area (Å²) in [6.07, 6.45) is 5.67. The number of nitrogens with one attached hydrogen (secondary N) is 1. The molecule has 1 heteroatoms. The van der Waals surface area contributed by atoms with Crippen molar-refractivity contribution >= 4 is 0 Å². The fourth-order valence-corrected chi connectivity index (χ4v) is 3.13. The smallest absolute Gasteiger partial charge is 0.0132 e. The lowest BCUT2D eigenvalue weighted by Gasteiger charge is -2.25. The monoisotopic (exact) mass is 193 g/mol. The molecule has 2 saturated carbocycles. The summed E-state index contributed by atoms with van der Waals surface area (Å²) in [5.74, 6) is 3.15. The van der Waals surface area contributed by atoms with E-state index in [0.29, 0.717) is 6.04 Å². The van der Waals surface area contributed by atoms with Crippen LogP contribution in [0.2, 0.25) is 0 Å². The van der Waals surface area contributed by atoms with Gasteiger partial charge in [0.15, 0.2) is 0 Å². The standard InChI is InChI=1S/C13H23N/c1-4-14-13(5-9(2)3)12-7-10-6-11(10)8-12/h10-14H,2,4-8H2,1,3H3. The largest absolute Gasteiger partial charge is 0.314 e. The maximum Gasteiger partial charge on any atom is 0.0132 e. The fraction of sp³-hybridized carbons (Fsp3) is 0.846. The van der Waals surface area contributed by atoms with E-state index in [9.17, 15) is 0 Å². The molecular weight excluding hydrogens is 170 g/mol. The van der Waals surface area contributed by atoms with Gasteiger partial charge in [0.05, 0.1) is 0 Å². The van der Waals surface area contributed by atoms with Gasteiger partial charge in [-0.2, -0.15) is 0 Å². The third-order valence-corrected chi connectivity index (χ3v) is 3.88. The third kappa shape index (κ3) is 2.20. The van der Waals surface area contributed by atoms with Crippen molar-refractivity contribution in [3.63, 3.8) is 0 Å². The molecule has 2 fully saturated rings. The van der Waals surface area contributed by atoms with E-state index in [1.165, 1.54) is 31.3 Å². The van der Waals surface area contributed by atoms with Crippen molar-refractivity contribution in [1.29, 1.82) is 0 Å². The lowest BCUT2D eigenvalue weighted by Crippen LogP contribution is -2.35. The molecule has 0 spiro atoms. The number of hydrogen-bond acceptors (Lipinski definition) is 1. The molecule has 80 valence electrons. The first-order valence-electron chi connectivity index (χ1n) is 6.08. The summed E-state index contributed by atoms with van der Waals surface area (Å²) >= 11 is 0. The Bertz CT molecular complexity index is 211. The number of fused-ring (bicyclic) bond motifs is 1. The molecule has 2 aliphatic carbocycles. The molecule has 1 nitrogen and oxygen atoms in total. The molecule has 3 unspecified atom stereocenters. The molecule has 2 rings (SSSR count). The van der Waals surface area contributed by atoms with E-state index in [-0.39, 0.29) is 0 Å². The van der Waals surface area contributed by atoms with E-state index in [2.05, 4.69) is 25.7 Å². The highest BCUT2D eigenvalue weighted by Crippen LogP contribution is 2.55. The average molecular weight is 193 g/mol. The Labute approximate surface area is 88.0 Å². The highest BCUT2D eigenvalue weighted by Gasteiger charge is 2.47. The van der Waals surface area contributed by atoms with Crippen molar-refractivity contribution in [3.05, 3.63) is 12.2 Å². The zero-order valence-corrected chi connectivity index (χ0v) is 9.55. The van der Waals surface area contributed by atoms with Gasteiger partial charge in [-0.05, 0) is 56.9 Å². The first kappa shape index (κ1) is 10.2. The normalized spacial score (nSPS) is 36.6. The molecule has 2 aliphatic rings. The summed E-state index contributed by atoms with van der Waals surface area (Å²) in [6.45, 7) is 9.50. The van der Waals surface area contributed by atoms with Crippen LogP contribution < -0.4 is 5.32 Å². The first-order chi connectivity index (χ1) is 6.70.